The van der Waals surface area contributed by atoms with Crippen LogP contribution < -0.4 is 10.5 Å². The molecule has 0 heterocycles. The first kappa shape index (κ1) is 15.5. The maximum absolute atomic E-state index is 12.4. The highest BCUT2D eigenvalue weighted by atomic mass is 32.2. The summed E-state index contributed by atoms with van der Waals surface area (Å²) in [7, 11) is -3.45. The lowest BCUT2D eigenvalue weighted by molar-refractivity contribution is 0.249. The third kappa shape index (κ3) is 3.59. The van der Waals surface area contributed by atoms with Crippen LogP contribution in [0.1, 0.15) is 38.7 Å². The van der Waals surface area contributed by atoms with Crippen LogP contribution in [0.15, 0.2) is 29.2 Å². The monoisotopic (exact) mass is 296 g/mol. The van der Waals surface area contributed by atoms with E-state index in [1.165, 1.54) is 0 Å². The smallest absolute Gasteiger partial charge is 0.240 e. The predicted molar refractivity (Wildman–Crippen MR) is 80.6 cm³/mol. The molecule has 112 valence electrons. The lowest BCUT2D eigenvalue weighted by Gasteiger charge is -2.32. The minimum Gasteiger partial charge on any atom is -0.326 e. The summed E-state index contributed by atoms with van der Waals surface area (Å²) >= 11 is 0. The lowest BCUT2D eigenvalue weighted by Crippen LogP contribution is -2.42. The van der Waals surface area contributed by atoms with Crippen LogP contribution in [0.2, 0.25) is 0 Å². The fourth-order valence-corrected chi connectivity index (χ4v) is 4.40. The molecule has 2 rings (SSSR count). The third-order valence-corrected chi connectivity index (χ3v) is 5.67. The quantitative estimate of drug-likeness (QED) is 0.895. The van der Waals surface area contributed by atoms with Crippen molar-refractivity contribution in [1.82, 2.24) is 4.72 Å². The van der Waals surface area contributed by atoms with Crippen LogP contribution in [0.25, 0.3) is 0 Å². The Kier molecular flexibility index (Phi) is 4.83. The number of hydrogen-bond donors (Lipinski definition) is 2. The summed E-state index contributed by atoms with van der Waals surface area (Å²) in [5.41, 5.74) is 6.40. The molecular weight excluding hydrogens is 272 g/mol. The molecular formula is C15H24N2O2S. The van der Waals surface area contributed by atoms with Gasteiger partial charge in [-0.2, -0.15) is 0 Å². The molecule has 0 amide bonds. The number of hydrogen-bond acceptors (Lipinski definition) is 3. The fraction of sp³-hybridized carbons (Fsp3) is 0.600. The zero-order valence-corrected chi connectivity index (χ0v) is 13.0. The van der Waals surface area contributed by atoms with E-state index < -0.39 is 10.0 Å². The topological polar surface area (TPSA) is 72.2 Å². The molecule has 0 aliphatic heterocycles. The van der Waals surface area contributed by atoms with E-state index in [4.69, 9.17) is 5.73 Å². The van der Waals surface area contributed by atoms with Crippen LogP contribution in [-0.2, 0) is 16.6 Å². The molecule has 1 aliphatic rings. The minimum atomic E-state index is -3.45. The van der Waals surface area contributed by atoms with Gasteiger partial charge in [-0.3, -0.25) is 0 Å². The van der Waals surface area contributed by atoms with Crippen LogP contribution in [0, 0.1) is 11.8 Å². The zero-order chi connectivity index (χ0) is 14.8. The van der Waals surface area contributed by atoms with Crippen LogP contribution in [0.5, 0.6) is 0 Å². The number of benzene rings is 1. The number of nitrogens with two attached hydrogens (primary N) is 1. The van der Waals surface area contributed by atoms with Crippen molar-refractivity contribution in [1.29, 1.82) is 0 Å². The van der Waals surface area contributed by atoms with Gasteiger partial charge in [-0.05, 0) is 48.8 Å². The van der Waals surface area contributed by atoms with Gasteiger partial charge in [-0.15, -0.1) is 0 Å². The van der Waals surface area contributed by atoms with Crippen molar-refractivity contribution in [2.75, 3.05) is 0 Å². The van der Waals surface area contributed by atoms with Crippen LogP contribution in [0.4, 0.5) is 0 Å². The largest absolute Gasteiger partial charge is 0.326 e. The van der Waals surface area contributed by atoms with E-state index in [2.05, 4.69) is 18.6 Å². The van der Waals surface area contributed by atoms with Gasteiger partial charge in [0.25, 0.3) is 0 Å². The SMILES string of the molecule is CC1CCC(NS(=O)(=O)c2cccc(CN)c2)C(C)C1. The first-order valence-corrected chi connectivity index (χ1v) is 8.72. The Hall–Kier alpha value is -0.910. The van der Waals surface area contributed by atoms with Crippen molar-refractivity contribution >= 4 is 10.0 Å². The Labute approximate surface area is 121 Å². The molecule has 20 heavy (non-hydrogen) atoms. The molecule has 4 nitrogen and oxygen atoms in total. The second-order valence-corrected chi connectivity index (χ2v) is 7.69. The first-order valence-electron chi connectivity index (χ1n) is 7.23. The summed E-state index contributed by atoms with van der Waals surface area (Å²) in [6.07, 6.45) is 3.08. The summed E-state index contributed by atoms with van der Waals surface area (Å²) in [5.74, 6) is 1.07. The molecule has 3 atom stereocenters. The van der Waals surface area contributed by atoms with Crippen molar-refractivity contribution in [2.24, 2.45) is 17.6 Å². The Bertz CT molecular complexity index is 557. The van der Waals surface area contributed by atoms with E-state index in [1.807, 2.05) is 6.07 Å². The highest BCUT2D eigenvalue weighted by molar-refractivity contribution is 7.89. The summed E-state index contributed by atoms with van der Waals surface area (Å²) in [6, 6.07) is 6.89. The highest BCUT2D eigenvalue weighted by Crippen LogP contribution is 2.29. The van der Waals surface area contributed by atoms with Crippen molar-refractivity contribution < 1.29 is 8.42 Å². The summed E-state index contributed by atoms with van der Waals surface area (Å²) < 4.78 is 27.8. The van der Waals surface area contributed by atoms with Crippen molar-refractivity contribution in [3.63, 3.8) is 0 Å². The number of sulfonamides is 1. The molecule has 3 unspecified atom stereocenters. The van der Waals surface area contributed by atoms with Gasteiger partial charge >= 0.3 is 0 Å². The molecule has 0 radical (unpaired) electrons. The van der Waals surface area contributed by atoms with E-state index in [-0.39, 0.29) is 6.04 Å². The van der Waals surface area contributed by atoms with Gasteiger partial charge in [0, 0.05) is 12.6 Å². The molecule has 1 aromatic carbocycles. The van der Waals surface area contributed by atoms with Crippen molar-refractivity contribution in [2.45, 2.75) is 50.6 Å². The molecule has 1 aliphatic carbocycles. The van der Waals surface area contributed by atoms with E-state index in [0.717, 1.165) is 24.8 Å². The van der Waals surface area contributed by atoms with Gasteiger partial charge in [0.15, 0.2) is 0 Å². The Morgan fingerprint density at radius 2 is 2.05 bits per heavy atom. The first-order chi connectivity index (χ1) is 9.42. The molecule has 0 aromatic heterocycles. The molecule has 1 aromatic rings. The average Bonchev–Trinajstić information content (AvgIpc) is 2.42. The third-order valence-electron chi connectivity index (χ3n) is 4.18. The van der Waals surface area contributed by atoms with Gasteiger partial charge in [0.05, 0.1) is 4.90 Å². The molecule has 0 bridgehead atoms. The lowest BCUT2D eigenvalue weighted by atomic mass is 9.80. The molecule has 1 fully saturated rings. The van der Waals surface area contributed by atoms with E-state index in [1.54, 1.807) is 18.2 Å². The normalized spacial score (nSPS) is 27.4. The summed E-state index contributed by atoms with van der Waals surface area (Å²) in [5, 5.41) is 0. The van der Waals surface area contributed by atoms with Crippen molar-refractivity contribution in [3.05, 3.63) is 29.8 Å². The molecule has 0 saturated heterocycles. The summed E-state index contributed by atoms with van der Waals surface area (Å²) in [6.45, 7) is 4.70. The maximum atomic E-state index is 12.4. The predicted octanol–water partition coefficient (Wildman–Crippen LogP) is 2.25. The second-order valence-electron chi connectivity index (χ2n) is 5.97. The maximum Gasteiger partial charge on any atom is 0.240 e. The standard InChI is InChI=1S/C15H24N2O2S/c1-11-6-7-15(12(2)8-11)17-20(18,19)14-5-3-4-13(9-14)10-16/h3-5,9,11-12,15,17H,6-8,10,16H2,1-2H3. The van der Waals surface area contributed by atoms with E-state index in [9.17, 15) is 8.42 Å². The van der Waals surface area contributed by atoms with Gasteiger partial charge in [-0.1, -0.05) is 26.0 Å². The minimum absolute atomic E-state index is 0.0396. The molecule has 5 heteroatoms. The second kappa shape index (κ2) is 6.24. The number of nitrogens with one attached hydrogen (secondary N) is 1. The fourth-order valence-electron chi connectivity index (χ4n) is 2.95. The van der Waals surface area contributed by atoms with Gasteiger partial charge in [-0.25, -0.2) is 13.1 Å². The molecule has 3 N–H and O–H groups in total. The highest BCUT2D eigenvalue weighted by Gasteiger charge is 2.29. The van der Waals surface area contributed by atoms with Gasteiger partial charge in [0.1, 0.15) is 0 Å². The summed E-state index contributed by atoms with van der Waals surface area (Å²) in [4.78, 5) is 0.311. The average molecular weight is 296 g/mol. The Morgan fingerprint density at radius 1 is 1.30 bits per heavy atom. The van der Waals surface area contributed by atoms with Gasteiger partial charge < -0.3 is 5.73 Å². The Morgan fingerprint density at radius 3 is 2.70 bits per heavy atom. The molecule has 0 spiro atoms. The van der Waals surface area contributed by atoms with Crippen LogP contribution in [-0.4, -0.2) is 14.5 Å². The van der Waals surface area contributed by atoms with E-state index >= 15 is 0 Å². The van der Waals surface area contributed by atoms with Crippen molar-refractivity contribution in [3.8, 4) is 0 Å². The Balaban J connectivity index is 2.14. The molecule has 1 saturated carbocycles. The zero-order valence-electron chi connectivity index (χ0n) is 12.2. The van der Waals surface area contributed by atoms with Crippen LogP contribution in [0.3, 0.4) is 0 Å². The number of rotatable bonds is 4. The van der Waals surface area contributed by atoms with Gasteiger partial charge in [0.2, 0.25) is 10.0 Å². The van der Waals surface area contributed by atoms with E-state index in [0.29, 0.717) is 23.3 Å². The van der Waals surface area contributed by atoms with Crippen LogP contribution >= 0.6 is 0 Å².